The lowest BCUT2D eigenvalue weighted by Crippen LogP contribution is -2.21. The molecule has 0 radical (unpaired) electrons. The number of carbonyl (C=O) groups excluding carboxylic acids is 1. The van der Waals surface area contributed by atoms with E-state index in [0.29, 0.717) is 57.2 Å². The molecule has 0 aliphatic heterocycles. The van der Waals surface area contributed by atoms with Crippen molar-refractivity contribution in [2.45, 2.75) is 26.2 Å². The van der Waals surface area contributed by atoms with Crippen molar-refractivity contribution in [2.24, 2.45) is 0 Å². The summed E-state index contributed by atoms with van der Waals surface area (Å²) >= 11 is 6.43. The van der Waals surface area contributed by atoms with Crippen molar-refractivity contribution < 1.29 is 9.32 Å². The Morgan fingerprint density at radius 3 is 2.67 bits per heavy atom. The lowest BCUT2D eigenvalue weighted by atomic mass is 9.93. The maximum Gasteiger partial charge on any atom is 0.256 e. The molecule has 4 rings (SSSR count). The van der Waals surface area contributed by atoms with E-state index in [-0.39, 0.29) is 11.3 Å². The Morgan fingerprint density at radius 2 is 1.94 bits per heavy atom. The third-order valence-corrected chi connectivity index (χ3v) is 5.52. The molecule has 4 aromatic rings. The molecule has 3 aromatic heterocycles. The van der Waals surface area contributed by atoms with Crippen LogP contribution >= 0.6 is 11.6 Å². The largest absolute Gasteiger partial charge is 0.359 e. The van der Waals surface area contributed by atoms with Gasteiger partial charge in [0.05, 0.1) is 16.9 Å². The van der Waals surface area contributed by atoms with Crippen LogP contribution in [0.5, 0.6) is 0 Å². The van der Waals surface area contributed by atoms with Crippen molar-refractivity contribution in [3.63, 3.8) is 0 Å². The first-order chi connectivity index (χ1) is 17.1. The van der Waals surface area contributed by atoms with Crippen LogP contribution in [0.25, 0.3) is 11.0 Å². The summed E-state index contributed by atoms with van der Waals surface area (Å²) in [5, 5.41) is 13.5. The van der Waals surface area contributed by atoms with E-state index in [1.165, 1.54) is 6.33 Å². The second-order valence-corrected chi connectivity index (χ2v) is 9.89. The standard InChI is InChI=1S/C24H28ClN9O2/c1-24(2,3)18-11-19(33-36-18)31-22(35)14-6-7-15(25)16(10-14)30-21-20-17(28-13-29-21)12-27-23(32-20)26-8-9-34(4)5/h6-7,10-13H,8-9H2,1-5H3,(H,26,27,32)(H,28,29,30)(H,31,33,35). The van der Waals surface area contributed by atoms with Gasteiger partial charge in [-0.25, -0.2) is 19.9 Å². The number of carbonyl (C=O) groups is 1. The average Bonchev–Trinajstić information content (AvgIpc) is 3.29. The van der Waals surface area contributed by atoms with Crippen LogP contribution < -0.4 is 16.0 Å². The molecule has 0 aliphatic rings. The van der Waals surface area contributed by atoms with Gasteiger partial charge >= 0.3 is 0 Å². The van der Waals surface area contributed by atoms with Crippen molar-refractivity contribution in [1.29, 1.82) is 0 Å². The predicted molar refractivity (Wildman–Crippen MR) is 140 cm³/mol. The third-order valence-electron chi connectivity index (χ3n) is 5.19. The van der Waals surface area contributed by atoms with Crippen LogP contribution in [0.15, 0.2) is 41.3 Å². The first-order valence-electron chi connectivity index (χ1n) is 11.3. The quantitative estimate of drug-likeness (QED) is 0.315. The lowest BCUT2D eigenvalue weighted by Gasteiger charge is -2.13. The van der Waals surface area contributed by atoms with E-state index in [1.54, 1.807) is 30.5 Å². The van der Waals surface area contributed by atoms with Crippen molar-refractivity contribution in [3.8, 4) is 0 Å². The van der Waals surface area contributed by atoms with E-state index in [9.17, 15) is 4.79 Å². The molecular formula is C24H28ClN9O2. The highest BCUT2D eigenvalue weighted by atomic mass is 35.5. The smallest absolute Gasteiger partial charge is 0.256 e. The normalized spacial score (nSPS) is 11.6. The zero-order chi connectivity index (χ0) is 25.9. The maximum absolute atomic E-state index is 12.9. The molecule has 0 unspecified atom stereocenters. The van der Waals surface area contributed by atoms with Crippen LogP contribution in [0.3, 0.4) is 0 Å². The number of amides is 1. The highest BCUT2D eigenvalue weighted by molar-refractivity contribution is 6.33. The second-order valence-electron chi connectivity index (χ2n) is 9.48. The minimum atomic E-state index is -0.356. The molecule has 0 atom stereocenters. The molecule has 0 saturated carbocycles. The molecule has 11 nitrogen and oxygen atoms in total. The fourth-order valence-corrected chi connectivity index (χ4v) is 3.35. The van der Waals surface area contributed by atoms with E-state index in [2.05, 4.69) is 45.9 Å². The summed E-state index contributed by atoms with van der Waals surface area (Å²) in [5.74, 6) is 1.55. The van der Waals surface area contributed by atoms with Crippen LogP contribution in [0.4, 0.5) is 23.3 Å². The second kappa shape index (κ2) is 10.4. The van der Waals surface area contributed by atoms with Gasteiger partial charge in [-0.1, -0.05) is 37.5 Å². The maximum atomic E-state index is 12.9. The van der Waals surface area contributed by atoms with E-state index in [1.807, 2.05) is 34.9 Å². The summed E-state index contributed by atoms with van der Waals surface area (Å²) < 4.78 is 5.34. The Bertz CT molecular complexity index is 1380. The fourth-order valence-electron chi connectivity index (χ4n) is 3.19. The summed E-state index contributed by atoms with van der Waals surface area (Å²) in [4.78, 5) is 32.4. The Morgan fingerprint density at radius 1 is 1.14 bits per heavy atom. The van der Waals surface area contributed by atoms with E-state index < -0.39 is 0 Å². The molecule has 0 saturated heterocycles. The van der Waals surface area contributed by atoms with Gasteiger partial charge in [0.25, 0.3) is 5.91 Å². The lowest BCUT2D eigenvalue weighted by molar-refractivity contribution is 0.102. The van der Waals surface area contributed by atoms with Crippen LogP contribution in [0, 0.1) is 0 Å². The molecule has 1 aromatic carbocycles. The van der Waals surface area contributed by atoms with E-state index >= 15 is 0 Å². The molecule has 0 bridgehead atoms. The van der Waals surface area contributed by atoms with Gasteiger partial charge in [0, 0.05) is 30.1 Å². The van der Waals surface area contributed by atoms with Gasteiger partial charge in [0.2, 0.25) is 5.95 Å². The molecule has 188 valence electrons. The zero-order valence-electron chi connectivity index (χ0n) is 20.8. The molecule has 0 aliphatic carbocycles. The molecule has 12 heteroatoms. The van der Waals surface area contributed by atoms with Crippen molar-refractivity contribution in [1.82, 2.24) is 30.0 Å². The summed E-state index contributed by atoms with van der Waals surface area (Å²) in [6.07, 6.45) is 3.04. The Balaban J connectivity index is 1.55. The number of rotatable bonds is 8. The highest BCUT2D eigenvalue weighted by Gasteiger charge is 2.21. The number of hydrogen-bond acceptors (Lipinski definition) is 10. The molecule has 36 heavy (non-hydrogen) atoms. The summed E-state index contributed by atoms with van der Waals surface area (Å²) in [7, 11) is 3.98. The first-order valence-corrected chi connectivity index (χ1v) is 11.7. The van der Waals surface area contributed by atoms with Crippen molar-refractivity contribution in [3.05, 3.63) is 53.1 Å². The first kappa shape index (κ1) is 25.3. The van der Waals surface area contributed by atoms with Crippen LogP contribution in [0.2, 0.25) is 5.02 Å². The Labute approximate surface area is 213 Å². The molecule has 3 heterocycles. The van der Waals surface area contributed by atoms with Crippen LogP contribution in [-0.4, -0.2) is 63.1 Å². The minimum absolute atomic E-state index is 0.223. The number of aromatic nitrogens is 5. The van der Waals surface area contributed by atoms with Crippen molar-refractivity contribution >= 4 is 51.8 Å². The van der Waals surface area contributed by atoms with Gasteiger partial charge in [0.15, 0.2) is 11.6 Å². The van der Waals surface area contributed by atoms with Crippen LogP contribution in [0.1, 0.15) is 36.9 Å². The fraction of sp³-hybridized carbons (Fsp3) is 0.333. The molecule has 3 N–H and O–H groups in total. The van der Waals surface area contributed by atoms with E-state index in [4.69, 9.17) is 16.1 Å². The molecule has 1 amide bonds. The Kier molecular flexibility index (Phi) is 7.32. The number of halogens is 1. The number of fused-ring (bicyclic) bond motifs is 1. The van der Waals surface area contributed by atoms with Gasteiger partial charge < -0.3 is 25.4 Å². The molecule has 0 fully saturated rings. The highest BCUT2D eigenvalue weighted by Crippen LogP contribution is 2.29. The predicted octanol–water partition coefficient (Wildman–Crippen LogP) is 4.33. The topological polar surface area (TPSA) is 134 Å². The number of nitrogens with one attached hydrogen (secondary N) is 3. The summed E-state index contributed by atoms with van der Waals surface area (Å²) in [5.41, 5.74) is 1.72. The van der Waals surface area contributed by atoms with Crippen LogP contribution in [-0.2, 0) is 5.41 Å². The van der Waals surface area contributed by atoms with Gasteiger partial charge in [0.1, 0.15) is 23.1 Å². The molecule has 0 spiro atoms. The minimum Gasteiger partial charge on any atom is -0.359 e. The van der Waals surface area contributed by atoms with Crippen molar-refractivity contribution in [2.75, 3.05) is 43.1 Å². The van der Waals surface area contributed by atoms with Gasteiger partial charge in [-0.15, -0.1) is 0 Å². The number of anilines is 4. The summed E-state index contributed by atoms with van der Waals surface area (Å²) in [6.45, 7) is 7.51. The number of benzene rings is 1. The monoisotopic (exact) mass is 509 g/mol. The number of hydrogen-bond donors (Lipinski definition) is 3. The van der Waals surface area contributed by atoms with Gasteiger partial charge in [-0.2, -0.15) is 0 Å². The zero-order valence-corrected chi connectivity index (χ0v) is 21.5. The SMILES string of the molecule is CN(C)CCNc1ncc2ncnc(Nc3cc(C(=O)Nc4cc(C(C)(C)C)on4)ccc3Cl)c2n1. The Hall–Kier alpha value is -3.83. The number of likely N-dealkylation sites (N-methyl/N-ethyl adjacent to an activating group) is 1. The third kappa shape index (κ3) is 6.04. The molecular weight excluding hydrogens is 482 g/mol. The average molecular weight is 510 g/mol. The van der Waals surface area contributed by atoms with E-state index in [0.717, 1.165) is 6.54 Å². The van der Waals surface area contributed by atoms with Gasteiger partial charge in [-0.05, 0) is 32.3 Å². The summed E-state index contributed by atoms with van der Waals surface area (Å²) in [6, 6.07) is 6.60. The number of nitrogens with zero attached hydrogens (tertiary/aromatic N) is 6. The van der Waals surface area contributed by atoms with Gasteiger partial charge in [-0.3, -0.25) is 4.79 Å².